The molecule has 0 bridgehead atoms. The van der Waals surface area contributed by atoms with Crippen LogP contribution in [0.4, 0.5) is 0 Å². The van der Waals surface area contributed by atoms with Crippen LogP contribution in [0.5, 0.6) is 0 Å². The van der Waals surface area contributed by atoms with Gasteiger partial charge < -0.3 is 10.5 Å². The van der Waals surface area contributed by atoms with Gasteiger partial charge in [-0.15, -0.1) is 0 Å². The topological polar surface area (TPSA) is 35.2 Å². The van der Waals surface area contributed by atoms with Gasteiger partial charge in [0, 0.05) is 6.54 Å². The summed E-state index contributed by atoms with van der Waals surface area (Å²) in [4.78, 5) is 0. The zero-order chi connectivity index (χ0) is 8.97. The summed E-state index contributed by atoms with van der Waals surface area (Å²) < 4.78 is 5.65. The Morgan fingerprint density at radius 3 is 2.25 bits per heavy atom. The highest BCUT2D eigenvalue weighted by Gasteiger charge is 2.23. The molecule has 0 saturated heterocycles. The second kappa shape index (κ2) is 4.83. The molecule has 0 aromatic rings. The highest BCUT2D eigenvalue weighted by molar-refractivity contribution is 4.75. The lowest BCUT2D eigenvalue weighted by Gasteiger charge is -2.31. The van der Waals surface area contributed by atoms with Gasteiger partial charge in [-0.05, 0) is 31.1 Å². The quantitative estimate of drug-likeness (QED) is 0.702. The van der Waals surface area contributed by atoms with Crippen molar-refractivity contribution < 1.29 is 4.74 Å². The Morgan fingerprint density at radius 1 is 1.17 bits per heavy atom. The summed E-state index contributed by atoms with van der Waals surface area (Å²) in [6.07, 6.45) is 4.30. The third-order valence-electron chi connectivity index (χ3n) is 2.61. The Balaban J connectivity index is 2.24. The first-order chi connectivity index (χ1) is 5.72. The van der Waals surface area contributed by atoms with E-state index in [1.54, 1.807) is 0 Å². The van der Waals surface area contributed by atoms with Crippen LogP contribution < -0.4 is 5.73 Å². The Kier molecular flexibility index (Phi) is 4.02. The Labute approximate surface area is 75.5 Å². The molecule has 1 saturated carbocycles. The van der Waals surface area contributed by atoms with Gasteiger partial charge in [-0.25, -0.2) is 0 Å². The fraction of sp³-hybridized carbons (Fsp3) is 1.00. The molecule has 0 spiro atoms. The number of rotatable bonds is 3. The van der Waals surface area contributed by atoms with E-state index in [0.29, 0.717) is 12.6 Å². The molecule has 0 aromatic heterocycles. The maximum absolute atomic E-state index is 5.65. The predicted octanol–water partition coefficient (Wildman–Crippen LogP) is 1.79. The van der Waals surface area contributed by atoms with Crippen molar-refractivity contribution in [3.63, 3.8) is 0 Å². The van der Waals surface area contributed by atoms with Crippen molar-refractivity contribution >= 4 is 0 Å². The van der Waals surface area contributed by atoms with Gasteiger partial charge in [-0.3, -0.25) is 0 Å². The van der Waals surface area contributed by atoms with Crippen molar-refractivity contribution in [2.24, 2.45) is 17.6 Å². The van der Waals surface area contributed by atoms with E-state index < -0.39 is 0 Å². The average molecular weight is 171 g/mol. The van der Waals surface area contributed by atoms with E-state index in [4.69, 9.17) is 10.5 Å². The van der Waals surface area contributed by atoms with Crippen LogP contribution in [0.25, 0.3) is 0 Å². The standard InChI is InChI=1S/C10H21NO/c1-8-5-9(2)7-10(6-8)12-4-3-11/h8-10H,3-7,11H2,1-2H3. The van der Waals surface area contributed by atoms with E-state index in [1.165, 1.54) is 19.3 Å². The van der Waals surface area contributed by atoms with Crippen LogP contribution in [-0.4, -0.2) is 19.3 Å². The van der Waals surface area contributed by atoms with Crippen molar-refractivity contribution in [1.29, 1.82) is 0 Å². The number of hydrogen-bond acceptors (Lipinski definition) is 2. The van der Waals surface area contributed by atoms with E-state index in [-0.39, 0.29) is 0 Å². The molecule has 2 unspecified atom stereocenters. The van der Waals surface area contributed by atoms with Crippen molar-refractivity contribution in [1.82, 2.24) is 0 Å². The van der Waals surface area contributed by atoms with Gasteiger partial charge in [-0.2, -0.15) is 0 Å². The first-order valence-electron chi connectivity index (χ1n) is 5.04. The molecule has 0 aliphatic heterocycles. The fourth-order valence-corrected chi connectivity index (χ4v) is 2.24. The predicted molar refractivity (Wildman–Crippen MR) is 51.0 cm³/mol. The maximum Gasteiger partial charge on any atom is 0.0592 e. The molecule has 1 aliphatic rings. The molecule has 1 aliphatic carbocycles. The molecule has 1 fully saturated rings. The van der Waals surface area contributed by atoms with Gasteiger partial charge in [0.15, 0.2) is 0 Å². The Morgan fingerprint density at radius 2 is 1.75 bits per heavy atom. The molecule has 0 heterocycles. The molecular weight excluding hydrogens is 150 g/mol. The van der Waals surface area contributed by atoms with E-state index in [1.807, 2.05) is 0 Å². The monoisotopic (exact) mass is 171 g/mol. The SMILES string of the molecule is CC1CC(C)CC(OCCN)C1. The summed E-state index contributed by atoms with van der Waals surface area (Å²) >= 11 is 0. The molecule has 1 rings (SSSR count). The zero-order valence-corrected chi connectivity index (χ0v) is 8.25. The van der Waals surface area contributed by atoms with Crippen LogP contribution in [0.1, 0.15) is 33.1 Å². The number of ether oxygens (including phenoxy) is 1. The highest BCUT2D eigenvalue weighted by Crippen LogP contribution is 2.29. The smallest absolute Gasteiger partial charge is 0.0592 e. The Hall–Kier alpha value is -0.0800. The normalized spacial score (nSPS) is 36.8. The first-order valence-corrected chi connectivity index (χ1v) is 5.04. The largest absolute Gasteiger partial charge is 0.377 e. The Bertz CT molecular complexity index is 117. The number of nitrogens with two attached hydrogens (primary N) is 1. The maximum atomic E-state index is 5.65. The van der Waals surface area contributed by atoms with Gasteiger partial charge in [0.2, 0.25) is 0 Å². The van der Waals surface area contributed by atoms with Crippen molar-refractivity contribution in [3.05, 3.63) is 0 Å². The summed E-state index contributed by atoms with van der Waals surface area (Å²) in [5, 5.41) is 0. The molecule has 2 atom stereocenters. The van der Waals surface area contributed by atoms with Crippen LogP contribution in [0.2, 0.25) is 0 Å². The van der Waals surface area contributed by atoms with E-state index in [0.717, 1.165) is 18.4 Å². The summed E-state index contributed by atoms with van der Waals surface area (Å²) in [5.74, 6) is 1.66. The van der Waals surface area contributed by atoms with Gasteiger partial charge in [-0.1, -0.05) is 13.8 Å². The van der Waals surface area contributed by atoms with Crippen LogP contribution in [0.3, 0.4) is 0 Å². The van der Waals surface area contributed by atoms with Crippen molar-refractivity contribution in [3.8, 4) is 0 Å². The summed E-state index contributed by atoms with van der Waals surface area (Å²) in [6.45, 7) is 6.01. The molecule has 2 nitrogen and oxygen atoms in total. The van der Waals surface area contributed by atoms with Crippen molar-refractivity contribution in [2.75, 3.05) is 13.2 Å². The summed E-state index contributed by atoms with van der Waals surface area (Å²) in [5.41, 5.74) is 5.39. The van der Waals surface area contributed by atoms with Gasteiger partial charge in [0.25, 0.3) is 0 Å². The van der Waals surface area contributed by atoms with Crippen LogP contribution in [-0.2, 0) is 4.74 Å². The average Bonchev–Trinajstić information content (AvgIpc) is 1.99. The molecule has 2 N–H and O–H groups in total. The summed E-state index contributed by atoms with van der Waals surface area (Å²) in [6, 6.07) is 0. The van der Waals surface area contributed by atoms with E-state index in [2.05, 4.69) is 13.8 Å². The highest BCUT2D eigenvalue weighted by atomic mass is 16.5. The molecule has 2 heteroatoms. The minimum Gasteiger partial charge on any atom is -0.377 e. The molecule has 12 heavy (non-hydrogen) atoms. The molecule has 0 amide bonds. The van der Waals surface area contributed by atoms with E-state index in [9.17, 15) is 0 Å². The molecule has 0 aromatic carbocycles. The van der Waals surface area contributed by atoms with Gasteiger partial charge in [0.05, 0.1) is 12.7 Å². The third-order valence-corrected chi connectivity index (χ3v) is 2.61. The minimum atomic E-state index is 0.479. The van der Waals surface area contributed by atoms with Crippen LogP contribution in [0.15, 0.2) is 0 Å². The lowest BCUT2D eigenvalue weighted by molar-refractivity contribution is 0.00503. The molecule has 0 radical (unpaired) electrons. The van der Waals surface area contributed by atoms with Crippen molar-refractivity contribution in [2.45, 2.75) is 39.2 Å². The fourth-order valence-electron chi connectivity index (χ4n) is 2.24. The van der Waals surface area contributed by atoms with E-state index >= 15 is 0 Å². The second-order valence-corrected chi connectivity index (χ2v) is 4.20. The van der Waals surface area contributed by atoms with Gasteiger partial charge in [0.1, 0.15) is 0 Å². The summed E-state index contributed by atoms with van der Waals surface area (Å²) in [7, 11) is 0. The molecular formula is C10H21NO. The van der Waals surface area contributed by atoms with Gasteiger partial charge >= 0.3 is 0 Å². The molecule has 72 valence electrons. The third kappa shape index (κ3) is 3.11. The van der Waals surface area contributed by atoms with Crippen LogP contribution in [0, 0.1) is 11.8 Å². The minimum absolute atomic E-state index is 0.479. The lowest BCUT2D eigenvalue weighted by Crippen LogP contribution is -2.28. The zero-order valence-electron chi connectivity index (χ0n) is 8.25. The first kappa shape index (κ1) is 10.0. The second-order valence-electron chi connectivity index (χ2n) is 4.20. The van der Waals surface area contributed by atoms with Crippen LogP contribution >= 0.6 is 0 Å². The lowest BCUT2D eigenvalue weighted by atomic mass is 9.82. The number of hydrogen-bond donors (Lipinski definition) is 1.